The molecule has 0 radical (unpaired) electrons. The SMILES string of the molecule is CNNC(=O)CN(/N=C1\C(=O)N(CC(=O)NNC)c2ccccc21)c1nc2ccccc2s1. The number of hydrogen-bond donors (Lipinski definition) is 4. The summed E-state index contributed by atoms with van der Waals surface area (Å²) >= 11 is 1.36. The molecule has 0 bridgehead atoms. The Bertz CT molecular complexity index is 1210. The number of carbonyl (C=O) groups is 3. The molecule has 12 heteroatoms. The summed E-state index contributed by atoms with van der Waals surface area (Å²) in [6.45, 7) is -0.350. The van der Waals surface area contributed by atoms with Crippen molar-refractivity contribution in [2.75, 3.05) is 37.1 Å². The number of nitrogens with one attached hydrogen (secondary N) is 4. The average Bonchev–Trinajstić information content (AvgIpc) is 3.34. The molecule has 0 aliphatic carbocycles. The highest BCUT2D eigenvalue weighted by Crippen LogP contribution is 2.32. The van der Waals surface area contributed by atoms with Crippen molar-refractivity contribution < 1.29 is 14.4 Å². The minimum atomic E-state index is -0.442. The van der Waals surface area contributed by atoms with Crippen molar-refractivity contribution in [3.63, 3.8) is 0 Å². The molecule has 4 rings (SSSR count). The molecule has 1 aliphatic heterocycles. The second kappa shape index (κ2) is 9.73. The fourth-order valence-electron chi connectivity index (χ4n) is 3.39. The quantitative estimate of drug-likeness (QED) is 0.353. The maximum absolute atomic E-state index is 13.3. The number of hydrazine groups is 2. The van der Waals surface area contributed by atoms with Gasteiger partial charge in [0.15, 0.2) is 5.71 Å². The number of aromatic nitrogens is 1. The zero-order valence-electron chi connectivity index (χ0n) is 18.0. The van der Waals surface area contributed by atoms with Crippen molar-refractivity contribution in [1.82, 2.24) is 26.7 Å². The van der Waals surface area contributed by atoms with Gasteiger partial charge >= 0.3 is 0 Å². The summed E-state index contributed by atoms with van der Waals surface area (Å²) in [7, 11) is 3.15. The fraction of sp³-hybridized carbons (Fsp3) is 0.190. The van der Waals surface area contributed by atoms with Crippen molar-refractivity contribution in [2.24, 2.45) is 5.10 Å². The van der Waals surface area contributed by atoms with Crippen LogP contribution in [0.3, 0.4) is 0 Å². The predicted octanol–water partition coefficient (Wildman–Crippen LogP) is 0.355. The Morgan fingerprint density at radius 1 is 1.03 bits per heavy atom. The average molecular weight is 467 g/mol. The first kappa shape index (κ1) is 22.3. The van der Waals surface area contributed by atoms with Crippen LogP contribution in [0.1, 0.15) is 5.56 Å². The number of anilines is 2. The van der Waals surface area contributed by atoms with E-state index >= 15 is 0 Å². The van der Waals surface area contributed by atoms with E-state index < -0.39 is 5.91 Å². The molecular formula is C21H22N8O3S. The van der Waals surface area contributed by atoms with Gasteiger partial charge in [-0.15, -0.1) is 0 Å². The number of benzene rings is 2. The van der Waals surface area contributed by atoms with Crippen LogP contribution in [0.15, 0.2) is 53.6 Å². The summed E-state index contributed by atoms with van der Waals surface area (Å²) in [5.41, 5.74) is 12.1. The first-order valence-corrected chi connectivity index (χ1v) is 10.9. The molecule has 33 heavy (non-hydrogen) atoms. The normalized spacial score (nSPS) is 13.9. The number of para-hydroxylation sites is 2. The summed E-state index contributed by atoms with van der Waals surface area (Å²) in [5, 5.41) is 6.43. The molecule has 1 aliphatic rings. The van der Waals surface area contributed by atoms with Crippen LogP contribution in [0, 0.1) is 0 Å². The van der Waals surface area contributed by atoms with Gasteiger partial charge < -0.3 is 0 Å². The number of thiazole rings is 1. The van der Waals surface area contributed by atoms with Crippen LogP contribution in [0.4, 0.5) is 10.8 Å². The van der Waals surface area contributed by atoms with Gasteiger partial charge in [0.25, 0.3) is 17.7 Å². The highest BCUT2D eigenvalue weighted by molar-refractivity contribution is 7.22. The molecule has 0 atom stereocenters. The topological polar surface area (TPSA) is 131 Å². The van der Waals surface area contributed by atoms with Gasteiger partial charge in [0.1, 0.15) is 13.1 Å². The highest BCUT2D eigenvalue weighted by atomic mass is 32.1. The number of hydrazone groups is 1. The van der Waals surface area contributed by atoms with E-state index in [9.17, 15) is 14.4 Å². The number of hydrogen-bond acceptors (Lipinski definition) is 9. The van der Waals surface area contributed by atoms with E-state index in [2.05, 4.69) is 31.8 Å². The monoisotopic (exact) mass is 466 g/mol. The molecule has 4 N–H and O–H groups in total. The first-order valence-electron chi connectivity index (χ1n) is 10.1. The van der Waals surface area contributed by atoms with E-state index in [-0.39, 0.29) is 30.6 Å². The smallest absolute Gasteiger partial charge is 0.279 e. The minimum absolute atomic E-state index is 0.124. The highest BCUT2D eigenvalue weighted by Gasteiger charge is 2.36. The van der Waals surface area contributed by atoms with Crippen molar-refractivity contribution in [3.8, 4) is 0 Å². The van der Waals surface area contributed by atoms with E-state index in [1.807, 2.05) is 24.3 Å². The van der Waals surface area contributed by atoms with Gasteiger partial charge in [-0.1, -0.05) is 41.7 Å². The molecule has 0 spiro atoms. The summed E-state index contributed by atoms with van der Waals surface area (Å²) in [5.74, 6) is -1.17. The fourth-order valence-corrected chi connectivity index (χ4v) is 4.31. The van der Waals surface area contributed by atoms with E-state index in [0.29, 0.717) is 16.4 Å². The van der Waals surface area contributed by atoms with Gasteiger partial charge in [-0.3, -0.25) is 30.1 Å². The lowest BCUT2D eigenvalue weighted by Gasteiger charge is -2.17. The van der Waals surface area contributed by atoms with Crippen molar-refractivity contribution >= 4 is 55.8 Å². The van der Waals surface area contributed by atoms with E-state index in [0.717, 1.165) is 10.2 Å². The van der Waals surface area contributed by atoms with Crippen LogP contribution in [-0.2, 0) is 14.4 Å². The number of carbonyl (C=O) groups excluding carboxylic acids is 3. The van der Waals surface area contributed by atoms with Gasteiger partial charge in [0, 0.05) is 19.7 Å². The Morgan fingerprint density at radius 2 is 1.73 bits per heavy atom. The first-order chi connectivity index (χ1) is 16.0. The van der Waals surface area contributed by atoms with Gasteiger partial charge in [-0.25, -0.2) is 20.8 Å². The lowest BCUT2D eigenvalue weighted by Crippen LogP contribution is -2.44. The molecule has 170 valence electrons. The van der Waals surface area contributed by atoms with Crippen LogP contribution in [0.2, 0.25) is 0 Å². The Hall–Kier alpha value is -3.87. The van der Waals surface area contributed by atoms with E-state index in [1.165, 1.54) is 21.2 Å². The standard InChI is InChI=1S/C21H22N8O3S/c1-22-25-17(30)11-28-15-9-5-3-7-13(15)19(20(28)32)27-29(12-18(31)26-23-2)21-24-14-8-4-6-10-16(14)33-21/h3-10,22-23H,11-12H2,1-2H3,(H,25,30)(H,26,31)/b27-19-. The number of fused-ring (bicyclic) bond motifs is 2. The third kappa shape index (κ3) is 4.67. The Kier molecular flexibility index (Phi) is 6.58. The summed E-state index contributed by atoms with van der Waals surface area (Å²) in [6, 6.07) is 14.6. The Morgan fingerprint density at radius 3 is 2.48 bits per heavy atom. The molecule has 1 aromatic heterocycles. The van der Waals surface area contributed by atoms with Crippen molar-refractivity contribution in [1.29, 1.82) is 0 Å². The molecule has 0 unspecified atom stereocenters. The Labute approximate surface area is 193 Å². The lowest BCUT2D eigenvalue weighted by atomic mass is 10.1. The third-order valence-electron chi connectivity index (χ3n) is 4.75. The lowest BCUT2D eigenvalue weighted by molar-refractivity contribution is -0.122. The molecular weight excluding hydrogens is 444 g/mol. The van der Waals surface area contributed by atoms with Crippen LogP contribution >= 0.6 is 11.3 Å². The van der Waals surface area contributed by atoms with Crippen LogP contribution in [0.25, 0.3) is 10.2 Å². The molecule has 0 fully saturated rings. The van der Waals surface area contributed by atoms with E-state index in [1.54, 1.807) is 38.4 Å². The van der Waals surface area contributed by atoms with Gasteiger partial charge in [-0.2, -0.15) is 5.10 Å². The molecule has 2 heterocycles. The van der Waals surface area contributed by atoms with Crippen LogP contribution < -0.4 is 31.6 Å². The summed E-state index contributed by atoms with van der Waals surface area (Å²) in [6.07, 6.45) is 0. The molecule has 0 saturated heterocycles. The Balaban J connectivity index is 1.74. The number of nitrogens with zero attached hydrogens (tertiary/aromatic N) is 4. The van der Waals surface area contributed by atoms with Crippen molar-refractivity contribution in [3.05, 3.63) is 54.1 Å². The zero-order valence-corrected chi connectivity index (χ0v) is 18.8. The maximum atomic E-state index is 13.3. The predicted molar refractivity (Wildman–Crippen MR) is 127 cm³/mol. The van der Waals surface area contributed by atoms with E-state index in [4.69, 9.17) is 0 Å². The summed E-state index contributed by atoms with van der Waals surface area (Å²) < 4.78 is 0.926. The second-order valence-electron chi connectivity index (χ2n) is 6.98. The molecule has 11 nitrogen and oxygen atoms in total. The molecule has 2 aromatic carbocycles. The van der Waals surface area contributed by atoms with Crippen LogP contribution in [-0.4, -0.2) is 55.6 Å². The van der Waals surface area contributed by atoms with Gasteiger partial charge in [0.2, 0.25) is 5.13 Å². The number of rotatable bonds is 8. The number of amides is 3. The second-order valence-corrected chi connectivity index (χ2v) is 7.98. The third-order valence-corrected chi connectivity index (χ3v) is 5.80. The van der Waals surface area contributed by atoms with Crippen LogP contribution in [0.5, 0.6) is 0 Å². The summed E-state index contributed by atoms with van der Waals surface area (Å²) in [4.78, 5) is 43.7. The minimum Gasteiger partial charge on any atom is -0.297 e. The van der Waals surface area contributed by atoms with Gasteiger partial charge in [-0.05, 0) is 18.2 Å². The largest absolute Gasteiger partial charge is 0.297 e. The maximum Gasteiger partial charge on any atom is 0.279 e. The van der Waals surface area contributed by atoms with Gasteiger partial charge in [0.05, 0.1) is 15.9 Å². The molecule has 0 saturated carbocycles. The molecule has 3 amide bonds. The van der Waals surface area contributed by atoms with Crippen molar-refractivity contribution in [2.45, 2.75) is 0 Å². The zero-order chi connectivity index (χ0) is 23.4. The molecule has 3 aromatic rings.